The van der Waals surface area contributed by atoms with E-state index >= 15 is 0 Å². The topological polar surface area (TPSA) is 83.0 Å². The van der Waals surface area contributed by atoms with Crippen molar-refractivity contribution in [3.05, 3.63) is 47.7 Å². The molecule has 8 heteroatoms. The van der Waals surface area contributed by atoms with Crippen LogP contribution in [0.2, 0.25) is 0 Å². The van der Waals surface area contributed by atoms with Crippen LogP contribution in [-0.2, 0) is 6.54 Å². The van der Waals surface area contributed by atoms with E-state index in [2.05, 4.69) is 55.1 Å². The number of benzene rings is 1. The van der Waals surface area contributed by atoms with Gasteiger partial charge < -0.3 is 20.4 Å². The van der Waals surface area contributed by atoms with Gasteiger partial charge in [0.15, 0.2) is 5.82 Å². The summed E-state index contributed by atoms with van der Waals surface area (Å²) in [6.45, 7) is 4.38. The first-order valence-electron chi connectivity index (χ1n) is 14.8. The molecule has 8 nitrogen and oxygen atoms in total. The Morgan fingerprint density at radius 2 is 1.87 bits per heavy atom. The second kappa shape index (κ2) is 9.70. The molecule has 7 rings (SSSR count). The van der Waals surface area contributed by atoms with E-state index in [0.29, 0.717) is 12.0 Å². The van der Waals surface area contributed by atoms with Gasteiger partial charge >= 0.3 is 6.03 Å². The molecule has 5 aliphatic rings. The zero-order valence-electron chi connectivity index (χ0n) is 22.4. The summed E-state index contributed by atoms with van der Waals surface area (Å²) in [5, 5.41) is 4.64. The highest BCUT2D eigenvalue weighted by Gasteiger charge is 2.48. The van der Waals surface area contributed by atoms with Gasteiger partial charge in [-0.05, 0) is 61.8 Å². The molecule has 1 aromatic heterocycles. The molecule has 4 heterocycles. The number of piperidine rings is 2. The number of hydrogen-bond donors (Lipinski definition) is 1. The number of amides is 2. The Labute approximate surface area is 225 Å². The van der Waals surface area contributed by atoms with Crippen molar-refractivity contribution in [2.75, 3.05) is 26.2 Å². The zero-order valence-corrected chi connectivity index (χ0v) is 22.4. The van der Waals surface area contributed by atoms with E-state index in [1.807, 2.05) is 12.3 Å². The summed E-state index contributed by atoms with van der Waals surface area (Å²) in [6, 6.07) is 11.5. The molecule has 1 spiro atoms. The van der Waals surface area contributed by atoms with E-state index < -0.39 is 0 Å². The number of nitrogens with zero attached hydrogens (tertiary/aromatic N) is 6. The van der Waals surface area contributed by atoms with Crippen molar-refractivity contribution >= 4 is 18.2 Å². The number of rotatable bonds is 4. The third-order valence-electron chi connectivity index (χ3n) is 9.97. The molecule has 2 saturated carbocycles. The van der Waals surface area contributed by atoms with E-state index in [9.17, 15) is 4.79 Å². The minimum absolute atomic E-state index is 0.0695. The number of carbonyl (C=O) groups excluding carboxylic acids is 1. The summed E-state index contributed by atoms with van der Waals surface area (Å²) in [6.07, 6.45) is 14.3. The number of nitrogens with two attached hydrogens (primary N) is 1. The zero-order chi connectivity index (χ0) is 25.7. The number of fused-ring (bicyclic) bond motifs is 1. The number of hydrogen-bond acceptors (Lipinski definition) is 5. The van der Waals surface area contributed by atoms with Crippen molar-refractivity contribution in [3.63, 3.8) is 0 Å². The van der Waals surface area contributed by atoms with Gasteiger partial charge in [-0.1, -0.05) is 43.2 Å². The third-order valence-corrected chi connectivity index (χ3v) is 9.97. The van der Waals surface area contributed by atoms with Crippen molar-refractivity contribution in [2.24, 2.45) is 22.1 Å². The molecule has 3 atom stereocenters. The first-order valence-corrected chi connectivity index (χ1v) is 14.8. The molecular weight excluding hydrogens is 474 g/mol. The van der Waals surface area contributed by atoms with E-state index in [-0.39, 0.29) is 23.5 Å². The van der Waals surface area contributed by atoms with Crippen LogP contribution in [0.3, 0.4) is 0 Å². The second-order valence-corrected chi connectivity index (χ2v) is 12.5. The smallest absolute Gasteiger partial charge is 0.320 e. The fourth-order valence-corrected chi connectivity index (χ4v) is 7.72. The van der Waals surface area contributed by atoms with Crippen molar-refractivity contribution in [3.8, 4) is 0 Å². The van der Waals surface area contributed by atoms with Crippen LogP contribution in [0.4, 0.5) is 10.6 Å². The second-order valence-electron chi connectivity index (χ2n) is 12.5. The summed E-state index contributed by atoms with van der Waals surface area (Å²) in [5.41, 5.74) is 9.05. The van der Waals surface area contributed by atoms with Gasteiger partial charge in [-0.2, -0.15) is 5.10 Å². The average molecular weight is 516 g/mol. The van der Waals surface area contributed by atoms with Gasteiger partial charge in [-0.25, -0.2) is 14.5 Å². The lowest BCUT2D eigenvalue weighted by Crippen LogP contribution is -2.57. The van der Waals surface area contributed by atoms with Gasteiger partial charge in [-0.15, -0.1) is 0 Å². The number of aliphatic imine (C=N–C) groups is 1. The Balaban J connectivity index is 1.06. The van der Waals surface area contributed by atoms with Crippen LogP contribution in [0.1, 0.15) is 81.0 Å². The lowest BCUT2D eigenvalue weighted by molar-refractivity contribution is 0.0203. The fraction of sp³-hybridized carbons (Fsp3) is 0.633. The summed E-state index contributed by atoms with van der Waals surface area (Å²) >= 11 is 0. The maximum atomic E-state index is 14.1. The van der Waals surface area contributed by atoms with Crippen LogP contribution < -0.4 is 5.73 Å². The number of urea groups is 1. The minimum Gasteiger partial charge on any atom is -0.358 e. The van der Waals surface area contributed by atoms with Gasteiger partial charge in [0.1, 0.15) is 0 Å². The number of likely N-dealkylation sites (tertiary alicyclic amines) is 2. The van der Waals surface area contributed by atoms with Gasteiger partial charge in [0.25, 0.3) is 0 Å². The molecule has 4 fully saturated rings. The van der Waals surface area contributed by atoms with Crippen LogP contribution in [0.25, 0.3) is 0 Å². The molecule has 1 unspecified atom stereocenters. The third kappa shape index (κ3) is 4.40. The lowest BCUT2D eigenvalue weighted by atomic mass is 9.69. The highest BCUT2D eigenvalue weighted by molar-refractivity contribution is 5.75. The van der Waals surface area contributed by atoms with Gasteiger partial charge in [-0.3, -0.25) is 0 Å². The maximum Gasteiger partial charge on any atom is 0.320 e. The molecule has 3 aliphatic heterocycles. The Morgan fingerprint density at radius 1 is 1.05 bits per heavy atom. The van der Waals surface area contributed by atoms with Gasteiger partial charge in [0.2, 0.25) is 0 Å². The van der Waals surface area contributed by atoms with Crippen molar-refractivity contribution in [2.45, 2.75) is 82.5 Å². The molecule has 2 N–H and O–H groups in total. The quantitative estimate of drug-likeness (QED) is 0.630. The summed E-state index contributed by atoms with van der Waals surface area (Å²) in [7, 11) is 0. The number of aromatic nitrogens is 2. The largest absolute Gasteiger partial charge is 0.358 e. The highest BCUT2D eigenvalue weighted by atomic mass is 16.2. The van der Waals surface area contributed by atoms with E-state index in [1.165, 1.54) is 49.7 Å². The Bertz CT molecular complexity index is 1180. The Hall–Kier alpha value is -2.87. The highest BCUT2D eigenvalue weighted by Crippen LogP contribution is 2.49. The molecule has 0 bridgehead atoms. The normalized spacial score (nSPS) is 28.7. The van der Waals surface area contributed by atoms with Crippen LogP contribution in [-0.4, -0.2) is 69.1 Å². The lowest BCUT2D eigenvalue weighted by Gasteiger charge is -2.50. The fourth-order valence-electron chi connectivity index (χ4n) is 7.72. The van der Waals surface area contributed by atoms with E-state index in [4.69, 9.17) is 10.7 Å². The summed E-state index contributed by atoms with van der Waals surface area (Å²) in [4.78, 5) is 25.6. The van der Waals surface area contributed by atoms with Gasteiger partial charge in [0, 0.05) is 44.3 Å². The molecule has 2 amide bonds. The van der Waals surface area contributed by atoms with Crippen LogP contribution in [0.5, 0.6) is 0 Å². The van der Waals surface area contributed by atoms with E-state index in [1.54, 1.807) is 0 Å². The summed E-state index contributed by atoms with van der Waals surface area (Å²) < 4.78 is 2.13. The number of carbonyl (C=O) groups is 1. The molecule has 2 saturated heterocycles. The molecule has 202 valence electrons. The first kappa shape index (κ1) is 24.2. The minimum atomic E-state index is 0.0695. The molecule has 38 heavy (non-hydrogen) atoms. The summed E-state index contributed by atoms with van der Waals surface area (Å²) in [5.74, 6) is 1.65. The van der Waals surface area contributed by atoms with Crippen molar-refractivity contribution in [1.29, 1.82) is 0 Å². The standard InChI is InChI=1S/C30H41N7O/c31-25-11-15-36(27(16-25)22-6-2-1-3-7-22)29(38)35-14-10-24(30(20-35)12-4-5-13-30)19-34-18-23-17-33-37(26-8-9-26)28(23)32-21-34/h1-3,6-7,17,21,24-27H,4-5,8-16,18-20,31H2/t24?,25-,27+/m1/s1. The molecule has 2 aliphatic carbocycles. The van der Waals surface area contributed by atoms with E-state index in [0.717, 1.165) is 57.8 Å². The van der Waals surface area contributed by atoms with Crippen molar-refractivity contribution < 1.29 is 4.79 Å². The van der Waals surface area contributed by atoms with Crippen LogP contribution >= 0.6 is 0 Å². The molecule has 0 radical (unpaired) electrons. The van der Waals surface area contributed by atoms with Crippen LogP contribution in [0, 0.1) is 11.3 Å². The van der Waals surface area contributed by atoms with Crippen LogP contribution in [0.15, 0.2) is 41.5 Å². The Morgan fingerprint density at radius 3 is 2.66 bits per heavy atom. The van der Waals surface area contributed by atoms with Crippen molar-refractivity contribution in [1.82, 2.24) is 24.5 Å². The first-order chi connectivity index (χ1) is 18.6. The Kier molecular flexibility index (Phi) is 6.18. The SMILES string of the molecule is N[C@@H]1CCN(C(=O)N2CCC(CN3C=Nc4c(cnn4C4CC4)C3)C3(CCCC3)C2)[C@H](c2ccccc2)C1. The predicted octanol–water partition coefficient (Wildman–Crippen LogP) is 4.86. The average Bonchev–Trinajstić information content (AvgIpc) is 3.54. The predicted molar refractivity (Wildman–Crippen MR) is 148 cm³/mol. The molecular formula is C30H41N7O. The monoisotopic (exact) mass is 515 g/mol. The maximum absolute atomic E-state index is 14.1. The van der Waals surface area contributed by atoms with Gasteiger partial charge in [0.05, 0.1) is 24.6 Å². The molecule has 1 aromatic carbocycles. The molecule has 2 aromatic rings.